The smallest absolute Gasteiger partial charge is 0.293 e. The van der Waals surface area contributed by atoms with Crippen LogP contribution in [0.15, 0.2) is 71.6 Å². The number of halogens is 3. The molecule has 3 aromatic carbocycles. The van der Waals surface area contributed by atoms with Gasteiger partial charge in [0.25, 0.3) is 11.1 Å². The van der Waals surface area contributed by atoms with Gasteiger partial charge in [-0.1, -0.05) is 53.5 Å². The van der Waals surface area contributed by atoms with Crippen molar-refractivity contribution in [2.45, 2.75) is 13.2 Å². The summed E-state index contributed by atoms with van der Waals surface area (Å²) in [6.45, 7) is 0.619. The summed E-state index contributed by atoms with van der Waals surface area (Å²) in [6.07, 6.45) is 1.72. The van der Waals surface area contributed by atoms with Crippen LogP contribution in [0.1, 0.15) is 16.7 Å². The predicted octanol–water partition coefficient (Wildman–Crippen LogP) is 7.41. The minimum atomic E-state index is -0.279. The summed E-state index contributed by atoms with van der Waals surface area (Å²) in [5.74, 6) is 0.401. The second-order valence-corrected chi connectivity index (χ2v) is 10.1. The Morgan fingerprint density at radius 2 is 1.59 bits per heavy atom. The third kappa shape index (κ3) is 5.67. The highest BCUT2D eigenvalue weighted by Gasteiger charge is 2.34. The molecule has 0 saturated carbocycles. The van der Waals surface area contributed by atoms with E-state index in [0.29, 0.717) is 27.3 Å². The van der Waals surface area contributed by atoms with Gasteiger partial charge in [0.1, 0.15) is 12.4 Å². The third-order valence-corrected chi connectivity index (χ3v) is 7.06. The average molecular weight is 596 g/mol. The lowest BCUT2D eigenvalue weighted by atomic mass is 10.2. The molecule has 0 atom stereocenters. The van der Waals surface area contributed by atoms with Crippen LogP contribution >= 0.6 is 57.6 Å². The van der Waals surface area contributed by atoms with E-state index in [0.717, 1.165) is 32.0 Å². The fourth-order valence-corrected chi connectivity index (χ4v) is 4.53. The van der Waals surface area contributed by atoms with E-state index in [1.54, 1.807) is 18.2 Å². The first kappa shape index (κ1) is 23.2. The van der Waals surface area contributed by atoms with Crippen LogP contribution in [0, 0.1) is 3.57 Å². The van der Waals surface area contributed by atoms with Gasteiger partial charge in [-0.3, -0.25) is 14.5 Å². The van der Waals surface area contributed by atoms with Crippen molar-refractivity contribution in [3.8, 4) is 5.75 Å². The molecule has 4 nitrogen and oxygen atoms in total. The van der Waals surface area contributed by atoms with Crippen LogP contribution in [-0.4, -0.2) is 16.0 Å². The molecule has 0 bridgehead atoms. The molecule has 3 aromatic rings. The number of thioether (sulfide) groups is 1. The van der Waals surface area contributed by atoms with Crippen LogP contribution in [0.2, 0.25) is 10.0 Å². The van der Waals surface area contributed by atoms with E-state index in [2.05, 4.69) is 22.6 Å². The van der Waals surface area contributed by atoms with E-state index in [1.165, 1.54) is 4.90 Å². The molecule has 0 unspecified atom stereocenters. The molecule has 2 amide bonds. The lowest BCUT2D eigenvalue weighted by Gasteiger charge is -2.12. The summed E-state index contributed by atoms with van der Waals surface area (Å²) in [5, 5.41) is 0.725. The lowest BCUT2D eigenvalue weighted by Crippen LogP contribution is -2.27. The minimum absolute atomic E-state index is 0.263. The number of carbonyl (C=O) groups excluding carboxylic acids is 2. The summed E-state index contributed by atoms with van der Waals surface area (Å²) in [5.41, 5.74) is 2.63. The molecular weight excluding hydrogens is 580 g/mol. The molecule has 1 aliphatic heterocycles. The number of nitrogens with zero attached hydrogens (tertiary/aromatic N) is 1. The van der Waals surface area contributed by atoms with Gasteiger partial charge in [0.15, 0.2) is 0 Å². The van der Waals surface area contributed by atoms with E-state index in [-0.39, 0.29) is 17.7 Å². The molecule has 162 valence electrons. The fraction of sp³-hybridized carbons (Fsp3) is 0.0833. The molecular formula is C24H16Cl2INO3S. The normalized spacial score (nSPS) is 15.0. The molecule has 32 heavy (non-hydrogen) atoms. The molecule has 4 rings (SSSR count). The van der Waals surface area contributed by atoms with Crippen molar-refractivity contribution in [3.05, 3.63) is 102 Å². The number of hydrogen-bond acceptors (Lipinski definition) is 4. The van der Waals surface area contributed by atoms with Crippen LogP contribution in [0.25, 0.3) is 6.08 Å². The quantitative estimate of drug-likeness (QED) is 0.220. The average Bonchev–Trinajstić information content (AvgIpc) is 3.04. The number of ether oxygens (including phenoxy) is 1. The van der Waals surface area contributed by atoms with Gasteiger partial charge >= 0.3 is 0 Å². The predicted molar refractivity (Wildman–Crippen MR) is 138 cm³/mol. The second kappa shape index (κ2) is 10.3. The van der Waals surface area contributed by atoms with Crippen LogP contribution in [-0.2, 0) is 17.9 Å². The zero-order chi connectivity index (χ0) is 22.7. The Bertz CT molecular complexity index is 1200. The van der Waals surface area contributed by atoms with E-state index in [1.807, 2.05) is 54.6 Å². The van der Waals surface area contributed by atoms with Crippen molar-refractivity contribution in [3.63, 3.8) is 0 Å². The molecule has 0 N–H and O–H groups in total. The number of imide groups is 1. The lowest BCUT2D eigenvalue weighted by molar-refractivity contribution is -0.123. The standard InChI is InChI=1S/C24H16Cl2INO3S/c25-20-10-5-17(11-21(20)26)14-31-19-8-3-15(4-9-19)12-22-23(29)28(24(30)32-22)13-16-1-6-18(27)7-2-16/h1-12H,13-14H2/b22-12-. The van der Waals surface area contributed by atoms with Crippen LogP contribution in [0.5, 0.6) is 5.75 Å². The highest BCUT2D eigenvalue weighted by atomic mass is 127. The van der Waals surface area contributed by atoms with Gasteiger partial charge in [0, 0.05) is 3.57 Å². The van der Waals surface area contributed by atoms with Gasteiger partial charge < -0.3 is 4.74 Å². The van der Waals surface area contributed by atoms with Crippen molar-refractivity contribution >= 4 is 74.8 Å². The van der Waals surface area contributed by atoms with E-state index < -0.39 is 0 Å². The van der Waals surface area contributed by atoms with E-state index in [4.69, 9.17) is 27.9 Å². The Morgan fingerprint density at radius 1 is 0.906 bits per heavy atom. The Balaban J connectivity index is 1.40. The molecule has 8 heteroatoms. The van der Waals surface area contributed by atoms with Gasteiger partial charge in [-0.15, -0.1) is 0 Å². The number of rotatable bonds is 6. The van der Waals surface area contributed by atoms with Crippen molar-refractivity contribution in [2.75, 3.05) is 0 Å². The van der Waals surface area contributed by atoms with Crippen molar-refractivity contribution in [1.29, 1.82) is 0 Å². The SMILES string of the molecule is O=C1S/C(=C\c2ccc(OCc3ccc(Cl)c(Cl)c3)cc2)C(=O)N1Cc1ccc(I)cc1. The monoisotopic (exact) mass is 595 g/mol. The maximum absolute atomic E-state index is 12.7. The minimum Gasteiger partial charge on any atom is -0.489 e. The Kier molecular flexibility index (Phi) is 7.45. The van der Waals surface area contributed by atoms with Gasteiger partial charge in [-0.25, -0.2) is 0 Å². The number of hydrogen-bond donors (Lipinski definition) is 0. The molecule has 1 heterocycles. The Hall–Kier alpha value is -2.00. The fourth-order valence-electron chi connectivity index (χ4n) is 3.02. The van der Waals surface area contributed by atoms with Crippen molar-refractivity contribution in [1.82, 2.24) is 4.90 Å². The Morgan fingerprint density at radius 3 is 2.28 bits per heavy atom. The number of benzene rings is 3. The summed E-state index contributed by atoms with van der Waals surface area (Å²) < 4.78 is 6.89. The number of carbonyl (C=O) groups is 2. The van der Waals surface area contributed by atoms with Gasteiger partial charge in [0.05, 0.1) is 21.5 Å². The summed E-state index contributed by atoms with van der Waals surface area (Å²) >= 11 is 15.1. The van der Waals surface area contributed by atoms with Crippen LogP contribution < -0.4 is 4.74 Å². The Labute approximate surface area is 213 Å². The van der Waals surface area contributed by atoms with Crippen molar-refractivity contribution in [2.24, 2.45) is 0 Å². The van der Waals surface area contributed by atoms with E-state index >= 15 is 0 Å². The zero-order valence-corrected chi connectivity index (χ0v) is 21.0. The van der Waals surface area contributed by atoms with Crippen LogP contribution in [0.4, 0.5) is 4.79 Å². The molecule has 1 aliphatic rings. The van der Waals surface area contributed by atoms with Gasteiger partial charge in [0.2, 0.25) is 0 Å². The van der Waals surface area contributed by atoms with Gasteiger partial charge in [-0.2, -0.15) is 0 Å². The van der Waals surface area contributed by atoms with Crippen LogP contribution in [0.3, 0.4) is 0 Å². The number of amides is 2. The first-order chi connectivity index (χ1) is 15.4. The molecule has 1 fully saturated rings. The van der Waals surface area contributed by atoms with E-state index in [9.17, 15) is 9.59 Å². The highest BCUT2D eigenvalue weighted by molar-refractivity contribution is 14.1. The van der Waals surface area contributed by atoms with Crippen molar-refractivity contribution < 1.29 is 14.3 Å². The summed E-state index contributed by atoms with van der Waals surface area (Å²) in [7, 11) is 0. The second-order valence-electron chi connectivity index (χ2n) is 7.00. The van der Waals surface area contributed by atoms with Gasteiger partial charge in [-0.05, 0) is 93.5 Å². The maximum atomic E-state index is 12.7. The zero-order valence-electron chi connectivity index (χ0n) is 16.6. The topological polar surface area (TPSA) is 46.6 Å². The highest BCUT2D eigenvalue weighted by Crippen LogP contribution is 2.33. The summed E-state index contributed by atoms with van der Waals surface area (Å²) in [6, 6.07) is 20.4. The molecule has 1 saturated heterocycles. The molecule has 0 aliphatic carbocycles. The first-order valence-electron chi connectivity index (χ1n) is 9.55. The molecule has 0 aromatic heterocycles. The third-order valence-electron chi connectivity index (χ3n) is 4.69. The first-order valence-corrected chi connectivity index (χ1v) is 12.2. The maximum Gasteiger partial charge on any atom is 0.293 e. The summed E-state index contributed by atoms with van der Waals surface area (Å²) in [4.78, 5) is 26.8. The largest absolute Gasteiger partial charge is 0.489 e. The molecule has 0 radical (unpaired) electrons. The molecule has 0 spiro atoms.